The first-order valence-corrected chi connectivity index (χ1v) is 6.22. The monoisotopic (exact) mass is 254 g/mol. The van der Waals surface area contributed by atoms with Crippen molar-refractivity contribution in [3.8, 4) is 16.3 Å². The summed E-state index contributed by atoms with van der Waals surface area (Å²) in [6.07, 6.45) is 0.977. The van der Waals surface area contributed by atoms with Gasteiger partial charge in [0.25, 0.3) is 0 Å². The fourth-order valence-corrected chi connectivity index (χ4v) is 2.15. The zero-order valence-corrected chi connectivity index (χ0v) is 10.4. The first kappa shape index (κ1) is 11.4. The van der Waals surface area contributed by atoms with Crippen molar-refractivity contribution in [2.45, 2.75) is 13.3 Å². The summed E-state index contributed by atoms with van der Waals surface area (Å²) >= 11 is 7.12. The van der Waals surface area contributed by atoms with E-state index in [-0.39, 0.29) is 0 Å². The Kier molecular flexibility index (Phi) is 3.74. The summed E-state index contributed by atoms with van der Waals surface area (Å²) < 4.78 is 6.09. The maximum Gasteiger partial charge on any atom is 0.207 e. The lowest BCUT2D eigenvalue weighted by molar-refractivity contribution is 0.318. The predicted octanol–water partition coefficient (Wildman–Crippen LogP) is 3.65. The number of hydrogen-bond donors (Lipinski definition) is 0. The number of hydrogen-bond acceptors (Lipinski definition) is 4. The highest BCUT2D eigenvalue weighted by atomic mass is 35.5. The van der Waals surface area contributed by atoms with Crippen LogP contribution in [0.4, 0.5) is 0 Å². The summed E-state index contributed by atoms with van der Waals surface area (Å²) in [7, 11) is 0. The molecular weight excluding hydrogens is 244 g/mol. The van der Waals surface area contributed by atoms with Gasteiger partial charge in [-0.1, -0.05) is 30.4 Å². The molecule has 1 aromatic heterocycles. The van der Waals surface area contributed by atoms with Gasteiger partial charge in [-0.05, 0) is 30.2 Å². The summed E-state index contributed by atoms with van der Waals surface area (Å²) in [6, 6.07) is 7.78. The first-order valence-electron chi connectivity index (χ1n) is 5.02. The van der Waals surface area contributed by atoms with Gasteiger partial charge in [-0.25, -0.2) is 0 Å². The normalized spacial score (nSPS) is 10.4. The SMILES string of the molecule is CCCOc1ccccc1-c1nnc(Cl)s1. The van der Waals surface area contributed by atoms with E-state index < -0.39 is 0 Å². The third-order valence-corrected chi connectivity index (χ3v) is 3.03. The van der Waals surface area contributed by atoms with E-state index in [9.17, 15) is 0 Å². The molecule has 0 fully saturated rings. The molecule has 0 atom stereocenters. The van der Waals surface area contributed by atoms with Gasteiger partial charge in [0.2, 0.25) is 4.47 Å². The largest absolute Gasteiger partial charge is 0.493 e. The van der Waals surface area contributed by atoms with Crippen LogP contribution in [0.25, 0.3) is 10.6 Å². The van der Waals surface area contributed by atoms with E-state index in [1.54, 1.807) is 0 Å². The molecule has 1 aromatic carbocycles. The minimum Gasteiger partial charge on any atom is -0.493 e. The summed E-state index contributed by atoms with van der Waals surface area (Å²) in [6.45, 7) is 2.77. The molecule has 0 aliphatic heterocycles. The van der Waals surface area contributed by atoms with Crippen LogP contribution in [0.15, 0.2) is 24.3 Å². The Hall–Kier alpha value is -1.13. The minimum absolute atomic E-state index is 0.445. The van der Waals surface area contributed by atoms with E-state index in [1.807, 2.05) is 24.3 Å². The van der Waals surface area contributed by atoms with Crippen LogP contribution in [0.1, 0.15) is 13.3 Å². The highest BCUT2D eigenvalue weighted by Crippen LogP contribution is 2.33. The molecule has 2 rings (SSSR count). The van der Waals surface area contributed by atoms with Gasteiger partial charge in [-0.3, -0.25) is 0 Å². The van der Waals surface area contributed by atoms with E-state index in [0.29, 0.717) is 11.1 Å². The van der Waals surface area contributed by atoms with Gasteiger partial charge >= 0.3 is 0 Å². The fourth-order valence-electron chi connectivity index (χ4n) is 1.30. The Morgan fingerprint density at radius 1 is 1.31 bits per heavy atom. The van der Waals surface area contributed by atoms with Crippen molar-refractivity contribution in [3.63, 3.8) is 0 Å². The Bertz CT molecular complexity index is 473. The van der Waals surface area contributed by atoms with Crippen LogP contribution in [0.5, 0.6) is 5.75 Å². The molecule has 84 valence electrons. The van der Waals surface area contributed by atoms with E-state index in [4.69, 9.17) is 16.3 Å². The molecule has 0 saturated heterocycles. The van der Waals surface area contributed by atoms with E-state index in [2.05, 4.69) is 17.1 Å². The Morgan fingerprint density at radius 2 is 2.12 bits per heavy atom. The molecule has 16 heavy (non-hydrogen) atoms. The smallest absolute Gasteiger partial charge is 0.207 e. The topological polar surface area (TPSA) is 35.0 Å². The van der Waals surface area contributed by atoms with Crippen LogP contribution < -0.4 is 4.74 Å². The molecule has 0 radical (unpaired) electrons. The van der Waals surface area contributed by atoms with Gasteiger partial charge in [0.15, 0.2) is 5.01 Å². The molecule has 0 amide bonds. The van der Waals surface area contributed by atoms with Crippen LogP contribution in [0.2, 0.25) is 4.47 Å². The second-order valence-corrected chi connectivity index (χ2v) is 4.76. The van der Waals surface area contributed by atoms with Crippen LogP contribution in [0.3, 0.4) is 0 Å². The van der Waals surface area contributed by atoms with Crippen molar-refractivity contribution >= 4 is 22.9 Å². The number of benzene rings is 1. The number of para-hydroxylation sites is 1. The van der Waals surface area contributed by atoms with Gasteiger partial charge in [0.1, 0.15) is 5.75 Å². The van der Waals surface area contributed by atoms with Crippen molar-refractivity contribution in [1.82, 2.24) is 10.2 Å². The molecule has 0 N–H and O–H groups in total. The van der Waals surface area contributed by atoms with Crippen LogP contribution in [0, 0.1) is 0 Å². The highest BCUT2D eigenvalue weighted by molar-refractivity contribution is 7.18. The van der Waals surface area contributed by atoms with Crippen molar-refractivity contribution in [3.05, 3.63) is 28.7 Å². The van der Waals surface area contributed by atoms with Gasteiger partial charge in [0.05, 0.1) is 12.2 Å². The number of aromatic nitrogens is 2. The highest BCUT2D eigenvalue weighted by Gasteiger charge is 2.10. The zero-order valence-electron chi connectivity index (χ0n) is 8.81. The number of nitrogens with zero attached hydrogens (tertiary/aromatic N) is 2. The second-order valence-electron chi connectivity index (χ2n) is 3.20. The number of ether oxygens (including phenoxy) is 1. The number of halogens is 1. The van der Waals surface area contributed by atoms with Crippen LogP contribution in [-0.4, -0.2) is 16.8 Å². The number of rotatable bonds is 4. The molecule has 0 aliphatic rings. The molecule has 0 bridgehead atoms. The van der Waals surface area contributed by atoms with Crippen LogP contribution in [-0.2, 0) is 0 Å². The summed E-state index contributed by atoms with van der Waals surface area (Å²) in [5.41, 5.74) is 0.945. The summed E-state index contributed by atoms with van der Waals surface area (Å²) in [4.78, 5) is 0. The van der Waals surface area contributed by atoms with E-state index >= 15 is 0 Å². The lowest BCUT2D eigenvalue weighted by atomic mass is 10.2. The fraction of sp³-hybridized carbons (Fsp3) is 0.273. The molecule has 0 saturated carbocycles. The third-order valence-electron chi connectivity index (χ3n) is 1.98. The lowest BCUT2D eigenvalue weighted by Crippen LogP contribution is -1.96. The van der Waals surface area contributed by atoms with Crippen molar-refractivity contribution in [1.29, 1.82) is 0 Å². The third kappa shape index (κ3) is 2.51. The molecule has 0 spiro atoms. The average molecular weight is 255 g/mol. The average Bonchev–Trinajstić information content (AvgIpc) is 2.73. The van der Waals surface area contributed by atoms with E-state index in [0.717, 1.165) is 22.7 Å². The maximum atomic E-state index is 5.77. The minimum atomic E-state index is 0.445. The lowest BCUT2D eigenvalue weighted by Gasteiger charge is -2.07. The van der Waals surface area contributed by atoms with Crippen molar-refractivity contribution < 1.29 is 4.74 Å². The molecule has 5 heteroatoms. The molecule has 3 nitrogen and oxygen atoms in total. The van der Waals surface area contributed by atoms with Gasteiger partial charge in [-0.2, -0.15) is 0 Å². The summed E-state index contributed by atoms with van der Waals surface area (Å²) in [5.74, 6) is 0.831. The quantitative estimate of drug-likeness (QED) is 0.835. The predicted molar refractivity (Wildman–Crippen MR) is 66.1 cm³/mol. The Labute approximate surface area is 103 Å². The molecule has 0 aliphatic carbocycles. The van der Waals surface area contributed by atoms with Crippen molar-refractivity contribution in [2.24, 2.45) is 0 Å². The Morgan fingerprint density at radius 3 is 2.81 bits per heavy atom. The Balaban J connectivity index is 2.32. The molecule has 2 aromatic rings. The summed E-state index contributed by atoms with van der Waals surface area (Å²) in [5, 5.41) is 8.59. The van der Waals surface area contributed by atoms with Crippen LogP contribution >= 0.6 is 22.9 Å². The molecule has 0 unspecified atom stereocenters. The van der Waals surface area contributed by atoms with Gasteiger partial charge < -0.3 is 4.74 Å². The molecular formula is C11H11ClN2OS. The zero-order chi connectivity index (χ0) is 11.4. The second kappa shape index (κ2) is 5.27. The van der Waals surface area contributed by atoms with Crippen molar-refractivity contribution in [2.75, 3.05) is 6.61 Å². The van der Waals surface area contributed by atoms with Gasteiger partial charge in [0, 0.05) is 0 Å². The molecule has 1 heterocycles. The van der Waals surface area contributed by atoms with E-state index in [1.165, 1.54) is 11.3 Å². The first-order chi connectivity index (χ1) is 7.81. The van der Waals surface area contributed by atoms with Gasteiger partial charge in [-0.15, -0.1) is 10.2 Å². The maximum absolute atomic E-state index is 5.77. The standard InChI is InChI=1S/C11H11ClN2OS/c1-2-7-15-9-6-4-3-5-8(9)10-13-14-11(12)16-10/h3-6H,2,7H2,1H3.